The molecule has 4 aliphatic carbocycles. The molecule has 0 aromatic rings. The van der Waals surface area contributed by atoms with Crippen LogP contribution in [-0.4, -0.2) is 86.7 Å². The van der Waals surface area contributed by atoms with E-state index in [1.165, 1.54) is 64.2 Å². The Balaban J connectivity index is 0.973. The maximum absolute atomic E-state index is 12.5. The zero-order valence-corrected chi connectivity index (χ0v) is 29.4. The topological polar surface area (TPSA) is 97.3 Å². The van der Waals surface area contributed by atoms with Crippen molar-refractivity contribution in [1.29, 1.82) is 0 Å². The van der Waals surface area contributed by atoms with E-state index in [9.17, 15) is 14.7 Å². The summed E-state index contributed by atoms with van der Waals surface area (Å²) in [6, 6.07) is -0.0762. The van der Waals surface area contributed by atoms with Crippen LogP contribution in [0.15, 0.2) is 11.6 Å². The van der Waals surface area contributed by atoms with Crippen molar-refractivity contribution >= 4 is 11.8 Å². The number of nitrogens with one attached hydrogen (secondary N) is 1. The van der Waals surface area contributed by atoms with Crippen LogP contribution in [0.2, 0.25) is 0 Å². The molecule has 3 saturated carbocycles. The Hall–Kier alpha value is -1.48. The van der Waals surface area contributed by atoms with E-state index in [4.69, 9.17) is 14.2 Å². The van der Waals surface area contributed by atoms with Crippen molar-refractivity contribution in [2.75, 3.05) is 52.7 Å². The van der Waals surface area contributed by atoms with Crippen LogP contribution in [0.25, 0.3) is 0 Å². The maximum Gasteiger partial charge on any atom is 0.248 e. The summed E-state index contributed by atoms with van der Waals surface area (Å²) in [7, 11) is 0. The van der Waals surface area contributed by atoms with Crippen molar-refractivity contribution < 1.29 is 28.9 Å². The maximum atomic E-state index is 12.5. The number of hydrogen-bond acceptors (Lipinski definition) is 6. The SMILES string of the molecule is CC(C)CCCC1CCC2C3CCC4=CC(OCC(=O)NCCOCCOCC(=O)N5CCCC5CO)CCC4(C)C3CCC12C. The third-order valence-corrected chi connectivity index (χ3v) is 13.1. The molecule has 262 valence electrons. The first-order valence-electron chi connectivity index (χ1n) is 18.8. The first-order valence-corrected chi connectivity index (χ1v) is 18.8. The molecule has 8 nitrogen and oxygen atoms in total. The first kappa shape index (κ1) is 35.8. The van der Waals surface area contributed by atoms with Crippen molar-refractivity contribution in [2.45, 2.75) is 123 Å². The molecule has 4 fully saturated rings. The first-order chi connectivity index (χ1) is 22.2. The largest absolute Gasteiger partial charge is 0.394 e. The van der Waals surface area contributed by atoms with E-state index >= 15 is 0 Å². The molecule has 8 unspecified atom stereocenters. The normalized spacial score (nSPS) is 35.4. The van der Waals surface area contributed by atoms with Gasteiger partial charge in [-0.1, -0.05) is 52.2 Å². The minimum absolute atomic E-state index is 0.00347. The number of fused-ring (bicyclic) bond motifs is 5. The number of rotatable bonds is 16. The fourth-order valence-corrected chi connectivity index (χ4v) is 10.5. The van der Waals surface area contributed by atoms with Gasteiger partial charge >= 0.3 is 0 Å². The van der Waals surface area contributed by atoms with Crippen LogP contribution >= 0.6 is 0 Å². The standard InChI is InChI=1S/C38H64N2O6/c1-27(2)7-5-8-28-11-13-33-32-12-10-29-23-31(14-16-38(29,4)34(32)15-17-37(28,33)3)46-25-35(42)39-18-20-44-21-22-45-26-36(43)40-19-6-9-30(40)24-41/h23,27-28,30-34,41H,5-22,24-26H2,1-4H3,(H,39,42). The van der Waals surface area contributed by atoms with E-state index in [0.717, 1.165) is 48.9 Å². The summed E-state index contributed by atoms with van der Waals surface area (Å²) < 4.78 is 17.1. The smallest absolute Gasteiger partial charge is 0.248 e. The van der Waals surface area contributed by atoms with Crippen molar-refractivity contribution in [3.63, 3.8) is 0 Å². The highest BCUT2D eigenvalue weighted by molar-refractivity contribution is 5.78. The summed E-state index contributed by atoms with van der Waals surface area (Å²) in [5.41, 5.74) is 2.46. The minimum Gasteiger partial charge on any atom is -0.394 e. The molecule has 0 aromatic carbocycles. The molecule has 2 amide bonds. The van der Waals surface area contributed by atoms with Crippen LogP contribution in [-0.2, 0) is 23.8 Å². The number of likely N-dealkylation sites (tertiary alicyclic amines) is 1. The van der Waals surface area contributed by atoms with Gasteiger partial charge in [0.2, 0.25) is 11.8 Å². The predicted molar refractivity (Wildman–Crippen MR) is 180 cm³/mol. The van der Waals surface area contributed by atoms with E-state index in [1.54, 1.807) is 10.5 Å². The van der Waals surface area contributed by atoms with Gasteiger partial charge in [-0.2, -0.15) is 0 Å². The molecule has 46 heavy (non-hydrogen) atoms. The Morgan fingerprint density at radius 3 is 2.63 bits per heavy atom. The zero-order valence-electron chi connectivity index (χ0n) is 29.4. The zero-order chi connectivity index (χ0) is 32.7. The molecule has 0 bridgehead atoms. The van der Waals surface area contributed by atoms with Gasteiger partial charge in [-0.3, -0.25) is 9.59 Å². The molecular weight excluding hydrogens is 580 g/mol. The molecule has 0 spiro atoms. The summed E-state index contributed by atoms with van der Waals surface area (Å²) in [5, 5.41) is 12.3. The lowest BCUT2D eigenvalue weighted by Crippen LogP contribution is -2.50. The molecule has 1 saturated heterocycles. The number of nitrogens with zero attached hydrogens (tertiary/aromatic N) is 1. The Morgan fingerprint density at radius 1 is 1.00 bits per heavy atom. The fourth-order valence-electron chi connectivity index (χ4n) is 10.5. The van der Waals surface area contributed by atoms with Gasteiger partial charge in [-0.05, 0) is 111 Å². The second-order valence-electron chi connectivity index (χ2n) is 16.1. The quantitative estimate of drug-likeness (QED) is 0.160. The number of allylic oxidation sites excluding steroid dienone is 1. The van der Waals surface area contributed by atoms with Crippen LogP contribution in [0.4, 0.5) is 0 Å². The van der Waals surface area contributed by atoms with Gasteiger partial charge in [0.05, 0.1) is 38.6 Å². The molecular formula is C38H64N2O6. The van der Waals surface area contributed by atoms with Crippen LogP contribution < -0.4 is 5.32 Å². The summed E-state index contributed by atoms with van der Waals surface area (Å²) in [5.74, 6) is 4.15. The van der Waals surface area contributed by atoms with Gasteiger partial charge in [0.25, 0.3) is 0 Å². The van der Waals surface area contributed by atoms with Gasteiger partial charge in [0, 0.05) is 13.1 Å². The van der Waals surface area contributed by atoms with E-state index in [0.29, 0.717) is 43.7 Å². The number of aliphatic hydroxyl groups excluding tert-OH is 1. The lowest BCUT2D eigenvalue weighted by atomic mass is 9.46. The van der Waals surface area contributed by atoms with Gasteiger partial charge < -0.3 is 29.5 Å². The summed E-state index contributed by atoms with van der Waals surface area (Å²) >= 11 is 0. The third kappa shape index (κ3) is 8.20. The number of carbonyl (C=O) groups excluding carboxylic acids is 2. The molecule has 1 heterocycles. The van der Waals surface area contributed by atoms with E-state index in [-0.39, 0.29) is 43.8 Å². The molecule has 1 aliphatic heterocycles. The van der Waals surface area contributed by atoms with Crippen LogP contribution in [0.5, 0.6) is 0 Å². The number of hydrogen-bond donors (Lipinski definition) is 2. The Bertz CT molecular complexity index is 1050. The van der Waals surface area contributed by atoms with E-state index in [2.05, 4.69) is 39.1 Å². The number of aliphatic hydroxyl groups is 1. The number of ether oxygens (including phenoxy) is 3. The molecule has 8 atom stereocenters. The van der Waals surface area contributed by atoms with Crippen molar-refractivity contribution in [3.8, 4) is 0 Å². The van der Waals surface area contributed by atoms with Crippen LogP contribution in [0, 0.1) is 40.4 Å². The predicted octanol–water partition coefficient (Wildman–Crippen LogP) is 5.91. The van der Waals surface area contributed by atoms with Crippen molar-refractivity contribution in [1.82, 2.24) is 10.2 Å². The average Bonchev–Trinajstić information content (AvgIpc) is 3.65. The lowest BCUT2D eigenvalue weighted by molar-refractivity contribution is -0.138. The average molecular weight is 645 g/mol. The molecule has 5 aliphatic rings. The van der Waals surface area contributed by atoms with E-state index < -0.39 is 0 Å². The molecule has 0 aromatic heterocycles. The summed E-state index contributed by atoms with van der Waals surface area (Å²) in [6.45, 7) is 12.2. The summed E-state index contributed by atoms with van der Waals surface area (Å²) in [6.07, 6.45) is 18.8. The highest BCUT2D eigenvalue weighted by Gasteiger charge is 2.58. The van der Waals surface area contributed by atoms with Crippen molar-refractivity contribution in [2.24, 2.45) is 40.4 Å². The Morgan fingerprint density at radius 2 is 1.83 bits per heavy atom. The fraction of sp³-hybridized carbons (Fsp3) is 0.895. The Kier molecular flexibility index (Phi) is 12.7. The van der Waals surface area contributed by atoms with Crippen LogP contribution in [0.1, 0.15) is 111 Å². The molecule has 5 rings (SSSR count). The number of carbonyl (C=O) groups is 2. The van der Waals surface area contributed by atoms with Gasteiger partial charge in [-0.15, -0.1) is 0 Å². The van der Waals surface area contributed by atoms with Gasteiger partial charge in [0.15, 0.2) is 0 Å². The van der Waals surface area contributed by atoms with Crippen LogP contribution in [0.3, 0.4) is 0 Å². The van der Waals surface area contributed by atoms with Gasteiger partial charge in [-0.25, -0.2) is 0 Å². The third-order valence-electron chi connectivity index (χ3n) is 13.1. The Labute approximate surface area is 278 Å². The highest BCUT2D eigenvalue weighted by atomic mass is 16.5. The summed E-state index contributed by atoms with van der Waals surface area (Å²) in [4.78, 5) is 26.4. The number of amides is 2. The molecule has 8 heteroatoms. The molecule has 0 radical (unpaired) electrons. The second kappa shape index (κ2) is 16.3. The minimum atomic E-state index is -0.110. The second-order valence-corrected chi connectivity index (χ2v) is 16.1. The van der Waals surface area contributed by atoms with Crippen molar-refractivity contribution in [3.05, 3.63) is 11.6 Å². The van der Waals surface area contributed by atoms with Gasteiger partial charge in [0.1, 0.15) is 13.2 Å². The lowest BCUT2D eigenvalue weighted by Gasteiger charge is -2.58. The molecule has 2 N–H and O–H groups in total. The highest BCUT2D eigenvalue weighted by Crippen LogP contribution is 2.67. The van der Waals surface area contributed by atoms with E-state index in [1.807, 2.05) is 0 Å². The monoisotopic (exact) mass is 644 g/mol.